The van der Waals surface area contributed by atoms with Crippen LogP contribution in [-0.4, -0.2) is 24.5 Å². The van der Waals surface area contributed by atoms with Gasteiger partial charge in [0.05, 0.1) is 24.1 Å². The van der Waals surface area contributed by atoms with Gasteiger partial charge in [-0.2, -0.15) is 0 Å². The first kappa shape index (κ1) is 20.5. The summed E-state index contributed by atoms with van der Waals surface area (Å²) < 4.78 is 12.4. The normalized spacial score (nSPS) is 15.2. The van der Waals surface area contributed by atoms with Crippen LogP contribution in [0.25, 0.3) is 11.0 Å². The number of benzene rings is 3. The number of para-hydroxylation sites is 1. The number of methoxy groups -OCH3 is 1. The van der Waals surface area contributed by atoms with Crippen molar-refractivity contribution in [1.82, 2.24) is 4.90 Å². The molecule has 1 aromatic heterocycles. The Morgan fingerprint density at radius 1 is 1.00 bits per heavy atom. The molecule has 6 heteroatoms. The molecular formula is C26H20BrNO4. The molecule has 0 fully saturated rings. The third-order valence-corrected chi connectivity index (χ3v) is 6.34. The van der Waals surface area contributed by atoms with E-state index < -0.39 is 6.04 Å². The molecule has 4 aromatic rings. The van der Waals surface area contributed by atoms with Gasteiger partial charge in [0.15, 0.2) is 5.43 Å². The van der Waals surface area contributed by atoms with Gasteiger partial charge in [0.1, 0.15) is 11.3 Å². The number of rotatable bonds is 5. The van der Waals surface area contributed by atoms with E-state index in [1.54, 1.807) is 30.2 Å². The highest BCUT2D eigenvalue weighted by Gasteiger charge is 2.43. The van der Waals surface area contributed by atoms with Crippen molar-refractivity contribution < 1.29 is 13.9 Å². The Bertz CT molecular complexity index is 1380. The van der Waals surface area contributed by atoms with Gasteiger partial charge >= 0.3 is 0 Å². The van der Waals surface area contributed by atoms with Crippen LogP contribution in [-0.2, 0) is 6.42 Å². The average molecular weight is 490 g/mol. The van der Waals surface area contributed by atoms with Gasteiger partial charge in [-0.1, -0.05) is 64.5 Å². The number of carbonyl (C=O) groups excluding carboxylic acids is 1. The van der Waals surface area contributed by atoms with Crippen molar-refractivity contribution in [2.24, 2.45) is 0 Å². The lowest BCUT2D eigenvalue weighted by Crippen LogP contribution is -2.31. The minimum atomic E-state index is -0.586. The van der Waals surface area contributed by atoms with E-state index in [1.165, 1.54) is 0 Å². The maximum absolute atomic E-state index is 13.6. The smallest absolute Gasteiger partial charge is 0.290 e. The van der Waals surface area contributed by atoms with E-state index in [4.69, 9.17) is 9.15 Å². The average Bonchev–Trinajstić information content (AvgIpc) is 3.10. The second-order valence-electron chi connectivity index (χ2n) is 7.69. The van der Waals surface area contributed by atoms with Gasteiger partial charge in [0.2, 0.25) is 5.76 Å². The van der Waals surface area contributed by atoms with Crippen LogP contribution in [0.4, 0.5) is 0 Å². The second kappa shape index (κ2) is 8.28. The number of halogens is 1. The molecule has 0 N–H and O–H groups in total. The number of nitrogens with zero attached hydrogens (tertiary/aromatic N) is 1. The van der Waals surface area contributed by atoms with Crippen LogP contribution < -0.4 is 10.2 Å². The highest BCUT2D eigenvalue weighted by atomic mass is 79.9. The molecule has 5 nitrogen and oxygen atoms in total. The van der Waals surface area contributed by atoms with Gasteiger partial charge in [-0.15, -0.1) is 0 Å². The highest BCUT2D eigenvalue weighted by Crippen LogP contribution is 2.41. The molecule has 160 valence electrons. The van der Waals surface area contributed by atoms with E-state index >= 15 is 0 Å². The monoisotopic (exact) mass is 489 g/mol. The first-order chi connectivity index (χ1) is 15.6. The largest absolute Gasteiger partial charge is 0.496 e. The molecular weight excluding hydrogens is 470 g/mol. The van der Waals surface area contributed by atoms with E-state index in [-0.39, 0.29) is 17.1 Å². The van der Waals surface area contributed by atoms with Crippen molar-refractivity contribution in [3.8, 4) is 5.75 Å². The zero-order chi connectivity index (χ0) is 22.2. The number of hydrogen-bond donors (Lipinski definition) is 0. The number of fused-ring (bicyclic) bond motifs is 2. The predicted octanol–water partition coefficient (Wildman–Crippen LogP) is 5.35. The Morgan fingerprint density at radius 3 is 2.53 bits per heavy atom. The van der Waals surface area contributed by atoms with E-state index in [9.17, 15) is 9.59 Å². The van der Waals surface area contributed by atoms with Crippen molar-refractivity contribution in [3.63, 3.8) is 0 Å². The van der Waals surface area contributed by atoms with Crippen molar-refractivity contribution in [2.75, 3.05) is 13.7 Å². The molecule has 1 aliphatic rings. The zero-order valence-corrected chi connectivity index (χ0v) is 19.0. The van der Waals surface area contributed by atoms with Crippen molar-refractivity contribution in [2.45, 2.75) is 12.5 Å². The molecule has 0 aliphatic carbocycles. The summed E-state index contributed by atoms with van der Waals surface area (Å²) in [6, 6.07) is 22.1. The Hall–Kier alpha value is -3.38. The molecule has 1 amide bonds. The summed E-state index contributed by atoms with van der Waals surface area (Å²) in [4.78, 5) is 28.8. The Balaban J connectivity index is 1.69. The molecule has 3 aromatic carbocycles. The van der Waals surface area contributed by atoms with E-state index in [0.29, 0.717) is 35.2 Å². The summed E-state index contributed by atoms with van der Waals surface area (Å²) in [5.74, 6) is 0.444. The van der Waals surface area contributed by atoms with Crippen molar-refractivity contribution in [1.29, 1.82) is 0 Å². The van der Waals surface area contributed by atoms with E-state index in [1.807, 2.05) is 54.6 Å². The summed E-state index contributed by atoms with van der Waals surface area (Å²) in [7, 11) is 1.59. The Kier molecular flexibility index (Phi) is 5.31. The van der Waals surface area contributed by atoms with Crippen LogP contribution in [0.15, 0.2) is 86.5 Å². The zero-order valence-electron chi connectivity index (χ0n) is 17.4. The fourth-order valence-electron chi connectivity index (χ4n) is 4.33. The van der Waals surface area contributed by atoms with Crippen LogP contribution in [0.5, 0.6) is 5.75 Å². The van der Waals surface area contributed by atoms with E-state index in [2.05, 4.69) is 15.9 Å². The molecule has 1 unspecified atom stereocenters. The standard InChI is InChI=1S/C26H20BrNO4/c1-31-20-10-6-5-9-18(20)23-22-24(29)19-15-17(27)11-12-21(19)32-25(22)26(30)28(23)14-13-16-7-3-2-4-8-16/h2-12,15,23H,13-14H2,1H3. The fraction of sp³-hybridized carbons (Fsp3) is 0.154. The lowest BCUT2D eigenvalue weighted by atomic mass is 9.97. The third kappa shape index (κ3) is 3.41. The number of hydrogen-bond acceptors (Lipinski definition) is 4. The minimum absolute atomic E-state index is 0.105. The molecule has 1 aliphatic heterocycles. The van der Waals surface area contributed by atoms with Gasteiger partial charge in [-0.25, -0.2) is 0 Å². The lowest BCUT2D eigenvalue weighted by molar-refractivity contribution is 0.0729. The van der Waals surface area contributed by atoms with Gasteiger partial charge in [0, 0.05) is 16.6 Å². The number of amides is 1. The van der Waals surface area contributed by atoms with Gasteiger partial charge < -0.3 is 14.1 Å². The van der Waals surface area contributed by atoms with Crippen LogP contribution in [0.3, 0.4) is 0 Å². The summed E-state index contributed by atoms with van der Waals surface area (Å²) in [6.45, 7) is 0.440. The molecule has 0 saturated carbocycles. The highest BCUT2D eigenvalue weighted by molar-refractivity contribution is 9.10. The summed E-state index contributed by atoms with van der Waals surface area (Å²) in [6.07, 6.45) is 0.658. The van der Waals surface area contributed by atoms with Crippen LogP contribution in [0.1, 0.15) is 33.3 Å². The maximum Gasteiger partial charge on any atom is 0.290 e. The second-order valence-corrected chi connectivity index (χ2v) is 8.61. The lowest BCUT2D eigenvalue weighted by Gasteiger charge is -2.26. The van der Waals surface area contributed by atoms with Crippen LogP contribution in [0, 0.1) is 0 Å². The fourth-order valence-corrected chi connectivity index (χ4v) is 4.69. The van der Waals surface area contributed by atoms with Crippen LogP contribution >= 0.6 is 15.9 Å². The van der Waals surface area contributed by atoms with Gasteiger partial charge in [0.25, 0.3) is 5.91 Å². The maximum atomic E-state index is 13.6. The van der Waals surface area contributed by atoms with Gasteiger partial charge in [-0.05, 0) is 36.2 Å². The SMILES string of the molecule is COc1ccccc1C1c2c(oc3ccc(Br)cc3c2=O)C(=O)N1CCc1ccccc1. The summed E-state index contributed by atoms with van der Waals surface area (Å²) in [5.41, 5.74) is 2.43. The number of ether oxygens (including phenoxy) is 1. The van der Waals surface area contributed by atoms with Crippen LogP contribution in [0.2, 0.25) is 0 Å². The predicted molar refractivity (Wildman–Crippen MR) is 126 cm³/mol. The molecule has 0 saturated heterocycles. The quantitative estimate of drug-likeness (QED) is 0.379. The Labute approximate surface area is 193 Å². The Morgan fingerprint density at radius 2 is 1.75 bits per heavy atom. The topological polar surface area (TPSA) is 59.8 Å². The van der Waals surface area contributed by atoms with E-state index in [0.717, 1.165) is 15.6 Å². The summed E-state index contributed by atoms with van der Waals surface area (Å²) in [5, 5.41) is 0.440. The molecule has 5 rings (SSSR count). The molecule has 32 heavy (non-hydrogen) atoms. The minimum Gasteiger partial charge on any atom is -0.496 e. The first-order valence-electron chi connectivity index (χ1n) is 10.3. The molecule has 1 atom stereocenters. The third-order valence-electron chi connectivity index (χ3n) is 5.85. The molecule has 0 spiro atoms. The van der Waals surface area contributed by atoms with Crippen molar-refractivity contribution in [3.05, 3.63) is 110 Å². The summed E-state index contributed by atoms with van der Waals surface area (Å²) >= 11 is 3.43. The molecule has 0 bridgehead atoms. The molecule has 0 radical (unpaired) electrons. The van der Waals surface area contributed by atoms with Crippen molar-refractivity contribution >= 4 is 32.8 Å². The first-order valence-corrected chi connectivity index (χ1v) is 11.1. The van der Waals surface area contributed by atoms with Gasteiger partial charge in [-0.3, -0.25) is 9.59 Å². The molecule has 2 heterocycles. The number of carbonyl (C=O) groups is 1.